The van der Waals surface area contributed by atoms with Crippen molar-refractivity contribution in [2.75, 3.05) is 26.2 Å². The van der Waals surface area contributed by atoms with Crippen molar-refractivity contribution in [2.45, 2.75) is 52.7 Å². The highest BCUT2D eigenvalue weighted by atomic mass is 16.6. The molecule has 1 heterocycles. The van der Waals surface area contributed by atoms with Crippen LogP contribution in [0.15, 0.2) is 18.2 Å². The summed E-state index contributed by atoms with van der Waals surface area (Å²) in [6.07, 6.45) is -0.237. The highest BCUT2D eigenvalue weighted by Gasteiger charge is 2.32. The lowest BCUT2D eigenvalue weighted by Crippen LogP contribution is -2.56. The van der Waals surface area contributed by atoms with E-state index in [2.05, 4.69) is 0 Å². The summed E-state index contributed by atoms with van der Waals surface area (Å²) in [5, 5.41) is 9.25. The number of carbonyl (C=O) groups excluding carboxylic acids is 2. The topological polar surface area (TPSA) is 96.4 Å². The smallest absolute Gasteiger partial charge is 0.410 e. The molecule has 8 heteroatoms. The van der Waals surface area contributed by atoms with Gasteiger partial charge in [0, 0.05) is 25.7 Å². The van der Waals surface area contributed by atoms with Gasteiger partial charge in [-0.1, -0.05) is 6.07 Å². The molecule has 1 aromatic rings. The third kappa shape index (κ3) is 6.10. The summed E-state index contributed by atoms with van der Waals surface area (Å²) in [6.45, 7) is 10.7. The minimum absolute atomic E-state index is 0.0717. The lowest BCUT2D eigenvalue weighted by atomic mass is 10.1. The number of hydrogen-bond donors (Lipinski definition) is 1. The Kier molecular flexibility index (Phi) is 7.11. The minimum atomic E-state index is -1.07. The fourth-order valence-electron chi connectivity index (χ4n) is 3.22. The Labute approximate surface area is 171 Å². The number of aromatic carboxylic acids is 1. The van der Waals surface area contributed by atoms with Crippen LogP contribution in [0.1, 0.15) is 50.5 Å². The van der Waals surface area contributed by atoms with Gasteiger partial charge in [-0.2, -0.15) is 0 Å². The maximum absolute atomic E-state index is 12.8. The first-order chi connectivity index (χ1) is 13.5. The van der Waals surface area contributed by atoms with Crippen molar-refractivity contribution in [3.8, 4) is 5.75 Å². The van der Waals surface area contributed by atoms with Crippen molar-refractivity contribution in [3.05, 3.63) is 29.3 Å². The number of hydrogen-bond acceptors (Lipinski definition) is 5. The zero-order chi connectivity index (χ0) is 21.8. The molecule has 160 valence electrons. The van der Waals surface area contributed by atoms with Crippen LogP contribution in [-0.4, -0.2) is 70.8 Å². The van der Waals surface area contributed by atoms with Gasteiger partial charge in [-0.3, -0.25) is 4.79 Å². The fourth-order valence-corrected chi connectivity index (χ4v) is 3.22. The van der Waals surface area contributed by atoms with Crippen LogP contribution in [-0.2, 0) is 16.0 Å². The molecular weight excluding hydrogens is 376 g/mol. The van der Waals surface area contributed by atoms with E-state index in [1.54, 1.807) is 28.9 Å². The Hall–Kier alpha value is -2.77. The largest absolute Gasteiger partial charge is 0.493 e. The van der Waals surface area contributed by atoms with Crippen LogP contribution in [0.25, 0.3) is 0 Å². The molecule has 2 amide bonds. The van der Waals surface area contributed by atoms with E-state index in [1.165, 1.54) is 6.07 Å². The number of rotatable bonds is 5. The van der Waals surface area contributed by atoms with Gasteiger partial charge in [0.15, 0.2) is 0 Å². The zero-order valence-corrected chi connectivity index (χ0v) is 17.7. The third-order valence-corrected chi connectivity index (χ3v) is 4.53. The highest BCUT2D eigenvalue weighted by molar-refractivity contribution is 5.91. The van der Waals surface area contributed by atoms with Crippen molar-refractivity contribution in [1.29, 1.82) is 0 Å². The second kappa shape index (κ2) is 9.15. The molecule has 8 nitrogen and oxygen atoms in total. The van der Waals surface area contributed by atoms with Crippen molar-refractivity contribution in [2.24, 2.45) is 0 Å². The van der Waals surface area contributed by atoms with Crippen molar-refractivity contribution >= 4 is 18.0 Å². The molecule has 1 aliphatic rings. The number of ether oxygens (including phenoxy) is 2. The second-order valence-corrected chi connectivity index (χ2v) is 8.11. The molecule has 0 aliphatic carbocycles. The van der Waals surface area contributed by atoms with E-state index in [0.717, 1.165) is 0 Å². The molecule has 1 N–H and O–H groups in total. The van der Waals surface area contributed by atoms with Crippen LogP contribution in [0.4, 0.5) is 4.79 Å². The number of carboxylic acid groups (broad SMARTS) is 1. The standard InChI is InChI=1S/C21H30N2O6/c1-6-28-17-11-15(7-8-16(17)19(25)26)12-18(24)23-10-9-22(13-14(23)2)20(27)29-21(3,4)5/h7-8,11,14H,6,9-10,12-13H2,1-5H3,(H,25,26). The minimum Gasteiger partial charge on any atom is -0.493 e. The van der Waals surface area contributed by atoms with Crippen molar-refractivity contribution in [3.63, 3.8) is 0 Å². The number of benzene rings is 1. The SMILES string of the molecule is CCOc1cc(CC(=O)N2CCN(C(=O)OC(C)(C)C)CC2C)ccc1C(=O)O. The number of piperazine rings is 1. The monoisotopic (exact) mass is 406 g/mol. The van der Waals surface area contributed by atoms with Gasteiger partial charge in [0.2, 0.25) is 5.91 Å². The molecule has 1 unspecified atom stereocenters. The van der Waals surface area contributed by atoms with E-state index >= 15 is 0 Å². The van der Waals surface area contributed by atoms with Crippen LogP contribution in [0, 0.1) is 0 Å². The Morgan fingerprint density at radius 2 is 1.90 bits per heavy atom. The molecule has 0 saturated carbocycles. The molecule has 0 spiro atoms. The summed E-state index contributed by atoms with van der Waals surface area (Å²) in [7, 11) is 0. The fraction of sp³-hybridized carbons (Fsp3) is 0.571. The lowest BCUT2D eigenvalue weighted by molar-refractivity contribution is -0.134. The molecule has 1 aromatic carbocycles. The Balaban J connectivity index is 2.02. The van der Waals surface area contributed by atoms with Gasteiger partial charge >= 0.3 is 12.1 Å². The Bertz CT molecular complexity index is 771. The van der Waals surface area contributed by atoms with Gasteiger partial charge in [-0.15, -0.1) is 0 Å². The molecular formula is C21H30N2O6. The van der Waals surface area contributed by atoms with Crippen LogP contribution in [0.2, 0.25) is 0 Å². The van der Waals surface area contributed by atoms with E-state index in [4.69, 9.17) is 9.47 Å². The Morgan fingerprint density at radius 1 is 1.21 bits per heavy atom. The summed E-state index contributed by atoms with van der Waals surface area (Å²) in [6, 6.07) is 4.55. The number of carboxylic acids is 1. The van der Waals surface area contributed by atoms with E-state index in [0.29, 0.717) is 31.8 Å². The maximum atomic E-state index is 12.8. The van der Waals surface area contributed by atoms with Gasteiger partial charge in [0.25, 0.3) is 0 Å². The van der Waals surface area contributed by atoms with Crippen LogP contribution >= 0.6 is 0 Å². The van der Waals surface area contributed by atoms with Gasteiger partial charge in [0.05, 0.1) is 13.0 Å². The predicted octanol–water partition coefficient (Wildman–Crippen LogP) is 2.79. The number of nitrogens with zero attached hydrogens (tertiary/aromatic N) is 2. The van der Waals surface area contributed by atoms with Gasteiger partial charge in [0.1, 0.15) is 16.9 Å². The predicted molar refractivity (Wildman–Crippen MR) is 107 cm³/mol. The van der Waals surface area contributed by atoms with E-state index < -0.39 is 11.6 Å². The third-order valence-electron chi connectivity index (χ3n) is 4.53. The molecule has 1 fully saturated rings. The quantitative estimate of drug-likeness (QED) is 0.808. The van der Waals surface area contributed by atoms with Gasteiger partial charge in [-0.25, -0.2) is 9.59 Å². The van der Waals surface area contributed by atoms with Crippen molar-refractivity contribution in [1.82, 2.24) is 9.80 Å². The summed E-state index contributed by atoms with van der Waals surface area (Å²) in [4.78, 5) is 39.7. The van der Waals surface area contributed by atoms with E-state index in [9.17, 15) is 19.5 Å². The second-order valence-electron chi connectivity index (χ2n) is 8.11. The van der Waals surface area contributed by atoms with Crippen LogP contribution in [0.5, 0.6) is 5.75 Å². The van der Waals surface area contributed by atoms with Gasteiger partial charge < -0.3 is 24.4 Å². The molecule has 0 aromatic heterocycles. The van der Waals surface area contributed by atoms with Crippen LogP contribution < -0.4 is 4.74 Å². The average molecular weight is 406 g/mol. The van der Waals surface area contributed by atoms with Gasteiger partial charge in [-0.05, 0) is 52.3 Å². The molecule has 1 saturated heterocycles. The lowest BCUT2D eigenvalue weighted by Gasteiger charge is -2.40. The highest BCUT2D eigenvalue weighted by Crippen LogP contribution is 2.22. The molecule has 0 radical (unpaired) electrons. The number of carbonyl (C=O) groups is 3. The van der Waals surface area contributed by atoms with E-state index in [1.807, 2.05) is 27.7 Å². The first-order valence-electron chi connectivity index (χ1n) is 9.78. The molecule has 0 bridgehead atoms. The summed E-state index contributed by atoms with van der Waals surface area (Å²) in [5.74, 6) is -0.891. The molecule has 2 rings (SSSR count). The Morgan fingerprint density at radius 3 is 2.45 bits per heavy atom. The average Bonchev–Trinajstić information content (AvgIpc) is 2.60. The zero-order valence-electron chi connectivity index (χ0n) is 17.7. The van der Waals surface area contributed by atoms with Crippen molar-refractivity contribution < 1.29 is 29.0 Å². The first kappa shape index (κ1) is 22.5. The molecule has 29 heavy (non-hydrogen) atoms. The summed E-state index contributed by atoms with van der Waals surface area (Å²) >= 11 is 0. The summed E-state index contributed by atoms with van der Waals surface area (Å²) < 4.78 is 10.8. The molecule has 1 atom stereocenters. The van der Waals surface area contributed by atoms with E-state index in [-0.39, 0.29) is 35.8 Å². The first-order valence-corrected chi connectivity index (χ1v) is 9.78. The normalized spacial score (nSPS) is 17.1. The van der Waals surface area contributed by atoms with Crippen LogP contribution in [0.3, 0.4) is 0 Å². The summed E-state index contributed by atoms with van der Waals surface area (Å²) in [5.41, 5.74) is 0.195. The maximum Gasteiger partial charge on any atom is 0.410 e. The number of amides is 2. The molecule has 1 aliphatic heterocycles.